The summed E-state index contributed by atoms with van der Waals surface area (Å²) in [6.07, 6.45) is 0.851. The van der Waals surface area contributed by atoms with Crippen LogP contribution in [0, 0.1) is 0 Å². The Hall–Kier alpha value is -2.18. The molecule has 0 saturated heterocycles. The first kappa shape index (κ1) is 16.7. The van der Waals surface area contributed by atoms with Crippen molar-refractivity contribution >= 4 is 15.8 Å². The van der Waals surface area contributed by atoms with Crippen LogP contribution in [0.3, 0.4) is 0 Å². The molecule has 2 aromatic carbocycles. The Labute approximate surface area is 141 Å². The fraction of sp³-hybridized carbons (Fsp3) is 0.278. The largest absolute Gasteiger partial charge is 0.480 e. The Kier molecular flexibility index (Phi) is 3.97. The molecule has 1 aliphatic rings. The van der Waals surface area contributed by atoms with Crippen LogP contribution in [0.15, 0.2) is 59.5 Å². The van der Waals surface area contributed by atoms with Gasteiger partial charge in [-0.25, -0.2) is 8.42 Å². The summed E-state index contributed by atoms with van der Waals surface area (Å²) in [5, 5.41) is 8.37. The predicted molar refractivity (Wildman–Crippen MR) is 90.5 cm³/mol. The van der Waals surface area contributed by atoms with Gasteiger partial charge in [0.2, 0.25) is 0 Å². The zero-order valence-corrected chi connectivity index (χ0v) is 14.0. The number of sulfone groups is 1. The zero-order chi connectivity index (χ0) is 17.5. The normalized spacial score (nSPS) is 26.1. The summed E-state index contributed by atoms with van der Waals surface area (Å²) in [4.78, 5) is 11.8. The van der Waals surface area contributed by atoms with E-state index in [1.54, 1.807) is 30.3 Å². The number of hydrogen-bond donors (Lipinski definition) is 2. The molecule has 0 aliphatic heterocycles. The number of hydrogen-bond acceptors (Lipinski definition) is 4. The smallest absolute Gasteiger partial charge is 0.325 e. The highest BCUT2D eigenvalue weighted by atomic mass is 32.2. The van der Waals surface area contributed by atoms with Crippen molar-refractivity contribution in [2.24, 2.45) is 5.73 Å². The van der Waals surface area contributed by atoms with Crippen molar-refractivity contribution in [2.45, 2.75) is 34.9 Å². The molecule has 1 saturated carbocycles. The molecule has 3 atom stereocenters. The first-order valence-corrected chi connectivity index (χ1v) is 9.28. The van der Waals surface area contributed by atoms with Crippen LogP contribution in [-0.4, -0.2) is 30.3 Å². The van der Waals surface area contributed by atoms with Gasteiger partial charge in [0.05, 0.1) is 4.90 Å². The quantitative estimate of drug-likeness (QED) is 0.863. The molecule has 0 radical (unpaired) electrons. The molecule has 0 heterocycles. The van der Waals surface area contributed by atoms with E-state index < -0.39 is 32.5 Å². The molecule has 126 valence electrons. The molecule has 0 unspecified atom stereocenters. The van der Waals surface area contributed by atoms with Gasteiger partial charge < -0.3 is 10.8 Å². The number of nitrogens with two attached hydrogens (primary N) is 1. The lowest BCUT2D eigenvalue weighted by molar-refractivity contribution is -0.139. The maximum atomic E-state index is 12.9. The lowest BCUT2D eigenvalue weighted by Crippen LogP contribution is -2.39. The average Bonchev–Trinajstić information content (AvgIpc) is 3.24. The summed E-state index contributed by atoms with van der Waals surface area (Å²) >= 11 is 0. The van der Waals surface area contributed by atoms with E-state index in [-0.39, 0.29) is 4.90 Å². The van der Waals surface area contributed by atoms with Crippen LogP contribution >= 0.6 is 0 Å². The Morgan fingerprint density at radius 1 is 1.12 bits per heavy atom. The van der Waals surface area contributed by atoms with Gasteiger partial charge in [0.15, 0.2) is 9.84 Å². The third-order valence-corrected chi connectivity index (χ3v) is 6.96. The van der Waals surface area contributed by atoms with Crippen LogP contribution in [0.2, 0.25) is 0 Å². The highest BCUT2D eigenvalue weighted by Crippen LogP contribution is 2.55. The van der Waals surface area contributed by atoms with Crippen LogP contribution in [0.1, 0.15) is 24.0 Å². The molecule has 24 heavy (non-hydrogen) atoms. The number of benzene rings is 2. The maximum absolute atomic E-state index is 12.9. The number of carboxylic acid groups (broad SMARTS) is 1. The van der Waals surface area contributed by atoms with Crippen LogP contribution in [-0.2, 0) is 21.1 Å². The van der Waals surface area contributed by atoms with Gasteiger partial charge in [-0.2, -0.15) is 0 Å². The van der Waals surface area contributed by atoms with Crippen molar-refractivity contribution in [3.8, 4) is 0 Å². The standard InChI is InChI=1S/C18H19NO4S/c1-2-12-8-10-13(11-9-12)15-16(18(15,19)17(20)21)24(22,23)14-6-4-3-5-7-14/h3-11,15-16H,2,19H2,1H3,(H,20,21)/t15-,16-,18+/m1/s1. The van der Waals surface area contributed by atoms with Crippen LogP contribution in [0.4, 0.5) is 0 Å². The van der Waals surface area contributed by atoms with Gasteiger partial charge in [-0.05, 0) is 29.7 Å². The highest BCUT2D eigenvalue weighted by Gasteiger charge is 2.74. The summed E-state index contributed by atoms with van der Waals surface area (Å²) in [5.74, 6) is -2.05. The molecule has 1 fully saturated rings. The molecule has 5 nitrogen and oxygen atoms in total. The third kappa shape index (κ3) is 2.42. The van der Waals surface area contributed by atoms with Gasteiger partial charge in [0.25, 0.3) is 0 Å². The summed E-state index contributed by atoms with van der Waals surface area (Å²) in [6, 6.07) is 15.2. The molecule has 3 rings (SSSR count). The second kappa shape index (κ2) is 5.72. The monoisotopic (exact) mass is 345 g/mol. The van der Waals surface area contributed by atoms with Gasteiger partial charge in [-0.1, -0.05) is 49.4 Å². The summed E-state index contributed by atoms with van der Waals surface area (Å²) in [5.41, 5.74) is 5.96. The lowest BCUT2D eigenvalue weighted by Gasteiger charge is -2.06. The summed E-state index contributed by atoms with van der Waals surface area (Å²) < 4.78 is 25.8. The molecule has 6 heteroatoms. The summed E-state index contributed by atoms with van der Waals surface area (Å²) in [6.45, 7) is 2.01. The first-order chi connectivity index (χ1) is 11.3. The van der Waals surface area contributed by atoms with Crippen molar-refractivity contribution in [1.29, 1.82) is 0 Å². The SMILES string of the molecule is CCc1ccc([C@@H]2[C@@H](S(=O)(=O)c3ccccc3)[C@]2(N)C(=O)O)cc1. The number of aryl methyl sites for hydroxylation is 1. The van der Waals surface area contributed by atoms with E-state index in [0.29, 0.717) is 5.56 Å². The topological polar surface area (TPSA) is 97.5 Å². The van der Waals surface area contributed by atoms with Crippen LogP contribution < -0.4 is 5.73 Å². The highest BCUT2D eigenvalue weighted by molar-refractivity contribution is 7.92. The van der Waals surface area contributed by atoms with Crippen molar-refractivity contribution in [3.63, 3.8) is 0 Å². The van der Waals surface area contributed by atoms with E-state index in [1.807, 2.05) is 19.1 Å². The molecule has 3 N–H and O–H groups in total. The molecule has 0 aromatic heterocycles. The second-order valence-electron chi connectivity index (χ2n) is 6.09. The number of aliphatic carboxylic acids is 1. The minimum Gasteiger partial charge on any atom is -0.480 e. The maximum Gasteiger partial charge on any atom is 0.325 e. The first-order valence-electron chi connectivity index (χ1n) is 7.73. The van der Waals surface area contributed by atoms with E-state index in [0.717, 1.165) is 12.0 Å². The molecular weight excluding hydrogens is 326 g/mol. The molecule has 2 aromatic rings. The fourth-order valence-electron chi connectivity index (χ4n) is 3.23. The van der Waals surface area contributed by atoms with Crippen LogP contribution in [0.5, 0.6) is 0 Å². The summed E-state index contributed by atoms with van der Waals surface area (Å²) in [7, 11) is -3.84. The van der Waals surface area contributed by atoms with Gasteiger partial charge in [-0.15, -0.1) is 0 Å². The van der Waals surface area contributed by atoms with E-state index in [2.05, 4.69) is 0 Å². The van der Waals surface area contributed by atoms with Crippen molar-refractivity contribution in [2.75, 3.05) is 0 Å². The van der Waals surface area contributed by atoms with Gasteiger partial charge in [-0.3, -0.25) is 4.79 Å². The van der Waals surface area contributed by atoms with Gasteiger partial charge in [0, 0.05) is 5.92 Å². The minimum atomic E-state index is -3.84. The number of carboxylic acids is 1. The van der Waals surface area contributed by atoms with E-state index in [9.17, 15) is 18.3 Å². The van der Waals surface area contributed by atoms with Crippen molar-refractivity contribution in [1.82, 2.24) is 0 Å². The molecule has 0 bridgehead atoms. The molecular formula is C18H19NO4S. The van der Waals surface area contributed by atoms with E-state index in [4.69, 9.17) is 5.73 Å². The number of rotatable bonds is 5. The Bertz CT molecular complexity index is 862. The second-order valence-corrected chi connectivity index (χ2v) is 8.16. The molecule has 0 spiro atoms. The average molecular weight is 345 g/mol. The van der Waals surface area contributed by atoms with E-state index >= 15 is 0 Å². The Morgan fingerprint density at radius 3 is 2.21 bits per heavy atom. The molecule has 1 aliphatic carbocycles. The van der Waals surface area contributed by atoms with Gasteiger partial charge >= 0.3 is 5.97 Å². The Morgan fingerprint density at radius 2 is 1.71 bits per heavy atom. The van der Waals surface area contributed by atoms with Crippen molar-refractivity contribution in [3.05, 3.63) is 65.7 Å². The zero-order valence-electron chi connectivity index (χ0n) is 13.2. The number of carbonyl (C=O) groups is 1. The van der Waals surface area contributed by atoms with Crippen LogP contribution in [0.25, 0.3) is 0 Å². The fourth-order valence-corrected chi connectivity index (χ4v) is 5.49. The van der Waals surface area contributed by atoms with Gasteiger partial charge in [0.1, 0.15) is 10.8 Å². The molecule has 0 amide bonds. The van der Waals surface area contributed by atoms with E-state index in [1.165, 1.54) is 12.1 Å². The minimum absolute atomic E-state index is 0.0961. The Balaban J connectivity index is 2.04. The lowest BCUT2D eigenvalue weighted by atomic mass is 10.0. The third-order valence-electron chi connectivity index (χ3n) is 4.70. The van der Waals surface area contributed by atoms with Crippen molar-refractivity contribution < 1.29 is 18.3 Å². The predicted octanol–water partition coefficient (Wildman–Crippen LogP) is 1.97.